The van der Waals surface area contributed by atoms with Gasteiger partial charge in [-0.1, -0.05) is 32.9 Å². The average molecular weight is 687 g/mol. The Morgan fingerprint density at radius 1 is 0.500 bits per heavy atom. The van der Waals surface area contributed by atoms with Crippen LogP contribution in [0.25, 0.3) is 0 Å². The van der Waals surface area contributed by atoms with Crippen molar-refractivity contribution in [3.05, 3.63) is 63.0 Å². The number of ether oxygens (including phenoxy) is 4. The highest BCUT2D eigenvalue weighted by Gasteiger charge is 2.56. The Morgan fingerprint density at radius 3 is 0.977 bits per heavy atom. The molecule has 1 rings (SSSR count). The van der Waals surface area contributed by atoms with Gasteiger partial charge in [0.05, 0.1) is 26.4 Å². The van der Waals surface area contributed by atoms with Crippen LogP contribution in [-0.2, 0) is 49.8 Å². The molecule has 0 aromatic rings. The van der Waals surface area contributed by atoms with Crippen LogP contribution >= 0.6 is 0 Å². The van der Waals surface area contributed by atoms with Gasteiger partial charge in [-0.05, 0) is 82.1 Å². The first kappa shape index (κ1) is 39.6. The van der Waals surface area contributed by atoms with Gasteiger partial charge in [-0.2, -0.15) is 0 Å². The highest BCUT2D eigenvalue weighted by atomic mass is 28.5. The number of hydrogen-bond acceptors (Lipinski definition) is 11. The van der Waals surface area contributed by atoms with Crippen LogP contribution in [0.15, 0.2) is 63.0 Å². The maximum Gasteiger partial charge on any atom is 0.330 e. The highest BCUT2D eigenvalue weighted by Crippen LogP contribution is 2.38. The van der Waals surface area contributed by atoms with E-state index in [9.17, 15) is 14.4 Å². The van der Waals surface area contributed by atoms with E-state index in [-0.39, 0.29) is 19.8 Å². The third-order valence-electron chi connectivity index (χ3n) is 6.58. The van der Waals surface area contributed by atoms with Crippen molar-refractivity contribution in [3.63, 3.8) is 0 Å². The van der Waals surface area contributed by atoms with Crippen molar-refractivity contribution < 1.29 is 49.8 Å². The summed E-state index contributed by atoms with van der Waals surface area (Å²) in [6.45, 7) is 26.8. The molecule has 0 saturated carbocycles. The van der Waals surface area contributed by atoms with Crippen LogP contribution in [0, 0.1) is 0 Å². The van der Waals surface area contributed by atoms with E-state index in [1.807, 2.05) is 26.2 Å². The Morgan fingerprint density at radius 2 is 0.750 bits per heavy atom. The zero-order valence-corrected chi connectivity index (χ0v) is 30.8. The van der Waals surface area contributed by atoms with Crippen LogP contribution in [0.2, 0.25) is 50.4 Å². The van der Waals surface area contributed by atoms with Gasteiger partial charge in [0, 0.05) is 18.2 Å². The van der Waals surface area contributed by atoms with Gasteiger partial charge in [0.25, 0.3) is 0 Å². The lowest BCUT2D eigenvalue weighted by Gasteiger charge is -2.50. The topological polar surface area (TPSA) is 125 Å². The molecule has 0 aromatic heterocycles. The zero-order valence-electron chi connectivity index (χ0n) is 26.8. The largest absolute Gasteiger partial charge is 0.494 e. The van der Waals surface area contributed by atoms with Crippen LogP contribution in [0.1, 0.15) is 25.7 Å². The molecule has 0 spiro atoms. The zero-order chi connectivity index (χ0) is 33.3. The van der Waals surface area contributed by atoms with Gasteiger partial charge in [-0.15, -0.1) is 0 Å². The highest BCUT2D eigenvalue weighted by molar-refractivity contribution is 6.93. The van der Waals surface area contributed by atoms with Gasteiger partial charge in [-0.25, -0.2) is 14.4 Å². The van der Waals surface area contributed by atoms with E-state index in [0.717, 1.165) is 18.2 Å². The summed E-state index contributed by atoms with van der Waals surface area (Å²) in [6.07, 6.45) is 7.17. The fourth-order valence-corrected chi connectivity index (χ4v) is 28.0. The number of rotatable bonds is 21. The normalized spacial score (nSPS) is 26.6. The molecule has 0 aliphatic carbocycles. The Hall–Kier alpha value is -2.38. The van der Waals surface area contributed by atoms with Crippen LogP contribution in [0.5, 0.6) is 0 Å². The fraction of sp³-hybridized carbons (Fsp3) is 0.552. The van der Waals surface area contributed by atoms with E-state index < -0.39 is 52.2 Å². The first-order valence-electron chi connectivity index (χ1n) is 14.8. The van der Waals surface area contributed by atoms with Gasteiger partial charge < -0.3 is 35.4 Å². The van der Waals surface area contributed by atoms with Crippen molar-refractivity contribution in [2.75, 3.05) is 26.4 Å². The second kappa shape index (κ2) is 19.2. The lowest BCUT2D eigenvalue weighted by molar-refractivity contribution is -0.138. The minimum Gasteiger partial charge on any atom is -0.494 e. The number of allylic oxidation sites excluding steroid dienone is 1. The number of carbonyl (C=O) groups excluding carboxylic acids is 3. The summed E-state index contributed by atoms with van der Waals surface area (Å²) < 4.78 is 49.3. The summed E-state index contributed by atoms with van der Waals surface area (Å²) in [5.74, 6) is -0.980. The van der Waals surface area contributed by atoms with E-state index in [2.05, 4.69) is 32.9 Å². The maximum absolute atomic E-state index is 11.6. The van der Waals surface area contributed by atoms with E-state index in [0.29, 0.717) is 62.2 Å². The Labute approximate surface area is 266 Å². The standard InChI is InChI=1S/C29H50O11Si4/c1-10-26(5)33-18-14-22-41(6)37-42(7,23-15-19-34-27(30)11-2)39-44(9,25-17-21-36-29(32)13-4)40-43(8,38-41)24-16-20-35-28(31)12-3/h10-13H,1-5,14-25H2,6-9H3. The van der Waals surface area contributed by atoms with Gasteiger partial charge in [0.2, 0.25) is 0 Å². The second-order valence-electron chi connectivity index (χ2n) is 11.0. The maximum atomic E-state index is 11.6. The molecule has 15 heteroatoms. The minimum atomic E-state index is -2.99. The number of hydrogen-bond donors (Lipinski definition) is 0. The van der Waals surface area contributed by atoms with E-state index in [1.165, 1.54) is 0 Å². The lowest BCUT2D eigenvalue weighted by atomic mass is 10.5. The second-order valence-corrected chi connectivity index (χ2v) is 25.3. The van der Waals surface area contributed by atoms with Gasteiger partial charge in [-0.3, -0.25) is 0 Å². The molecule has 44 heavy (non-hydrogen) atoms. The van der Waals surface area contributed by atoms with E-state index in [1.54, 1.807) is 6.08 Å². The van der Waals surface area contributed by atoms with E-state index >= 15 is 0 Å². The van der Waals surface area contributed by atoms with Crippen molar-refractivity contribution >= 4 is 52.2 Å². The molecule has 0 amide bonds. The first-order valence-corrected chi connectivity index (χ1v) is 24.9. The summed E-state index contributed by atoms with van der Waals surface area (Å²) in [5, 5.41) is 0. The van der Waals surface area contributed by atoms with Crippen LogP contribution in [-0.4, -0.2) is 78.6 Å². The van der Waals surface area contributed by atoms with Crippen LogP contribution in [0.3, 0.4) is 0 Å². The van der Waals surface area contributed by atoms with Gasteiger partial charge in [0.1, 0.15) is 5.76 Å². The van der Waals surface area contributed by atoms with Crippen LogP contribution < -0.4 is 0 Å². The summed E-state index contributed by atoms with van der Waals surface area (Å²) in [5.41, 5.74) is 0. The minimum absolute atomic E-state index is 0.190. The monoisotopic (exact) mass is 686 g/mol. The molecule has 0 N–H and O–H groups in total. The van der Waals surface area contributed by atoms with Crippen molar-refractivity contribution in [1.82, 2.24) is 0 Å². The molecule has 2 unspecified atom stereocenters. The predicted octanol–water partition coefficient (Wildman–Crippen LogP) is 5.82. The summed E-state index contributed by atoms with van der Waals surface area (Å²) >= 11 is 0. The molecule has 1 saturated heterocycles. The smallest absolute Gasteiger partial charge is 0.330 e. The molecule has 2 atom stereocenters. The van der Waals surface area contributed by atoms with Crippen molar-refractivity contribution in [3.8, 4) is 0 Å². The molecule has 1 heterocycles. The summed E-state index contributed by atoms with van der Waals surface area (Å²) in [6, 6.07) is 2.23. The van der Waals surface area contributed by atoms with Gasteiger partial charge >= 0.3 is 52.2 Å². The fourth-order valence-electron chi connectivity index (χ4n) is 4.85. The van der Waals surface area contributed by atoms with Gasteiger partial charge in [0.15, 0.2) is 0 Å². The molecule has 11 nitrogen and oxygen atoms in total. The molecular weight excluding hydrogens is 637 g/mol. The molecule has 0 radical (unpaired) electrons. The lowest BCUT2D eigenvalue weighted by Crippen LogP contribution is -2.67. The van der Waals surface area contributed by atoms with Crippen molar-refractivity contribution in [2.24, 2.45) is 0 Å². The average Bonchev–Trinajstić information content (AvgIpc) is 2.96. The molecule has 1 aliphatic rings. The SMILES string of the molecule is C=CC(=C)OCCC[Si]1(C)O[Si](C)(CCCOC(=O)C=C)O[Si](C)(CCCOC(=O)C=C)O[Si](C)(CCCOC(=O)C=C)O1. The molecule has 248 valence electrons. The van der Waals surface area contributed by atoms with E-state index in [4.69, 9.17) is 35.4 Å². The summed E-state index contributed by atoms with van der Waals surface area (Å²) in [4.78, 5) is 34.8. The molecular formula is C29H50O11Si4. The van der Waals surface area contributed by atoms with Crippen molar-refractivity contribution in [2.45, 2.75) is 76.0 Å². The third-order valence-corrected chi connectivity index (χ3v) is 25.4. The van der Waals surface area contributed by atoms with Crippen LogP contribution in [0.4, 0.5) is 0 Å². The Bertz CT molecular complexity index is 865. The van der Waals surface area contributed by atoms with Crippen molar-refractivity contribution in [1.29, 1.82) is 0 Å². The molecule has 0 bridgehead atoms. The molecule has 0 aromatic carbocycles. The Kier molecular flexibility index (Phi) is 17.3. The first-order chi connectivity index (χ1) is 20.6. The predicted molar refractivity (Wildman–Crippen MR) is 177 cm³/mol. The molecule has 1 fully saturated rings. The number of carbonyl (C=O) groups is 3. The quantitative estimate of drug-likeness (QED) is 0.0276. The summed E-state index contributed by atoms with van der Waals surface area (Å²) in [7, 11) is -11.9. The number of esters is 3. The Balaban J connectivity index is 3.29. The molecule has 1 aliphatic heterocycles. The third kappa shape index (κ3) is 15.6.